The lowest BCUT2D eigenvalue weighted by molar-refractivity contribution is 0.0673. The van der Waals surface area contributed by atoms with Crippen molar-refractivity contribution >= 4 is 22.5 Å². The molecule has 2 aromatic carbocycles. The molecular formula is C29H30N4O2. The maximum Gasteiger partial charge on any atom is 0.253 e. The number of methoxy groups -OCH3 is 1. The number of carbonyl (C=O) groups excluding carboxylic acids is 1. The first-order chi connectivity index (χ1) is 17.2. The molecule has 1 atom stereocenters. The summed E-state index contributed by atoms with van der Waals surface area (Å²) in [5.74, 6) is 1.22. The third-order valence-electron chi connectivity index (χ3n) is 6.73. The first kappa shape index (κ1) is 22.8. The highest BCUT2D eigenvalue weighted by Gasteiger charge is 2.25. The molecule has 0 spiro atoms. The summed E-state index contributed by atoms with van der Waals surface area (Å²) in [6, 6.07) is 20.0. The zero-order valence-corrected chi connectivity index (χ0v) is 20.0. The molecular weight excluding hydrogens is 436 g/mol. The number of likely N-dealkylation sites (tertiary alicyclic amines) is 1. The number of nitrogens with zero attached hydrogens (tertiary/aromatic N) is 3. The Hall–Kier alpha value is -3.93. The third-order valence-corrected chi connectivity index (χ3v) is 6.73. The molecule has 0 saturated carbocycles. The first-order valence-electron chi connectivity index (χ1n) is 12.1. The second-order valence-corrected chi connectivity index (χ2v) is 9.07. The lowest BCUT2D eigenvalue weighted by Crippen LogP contribution is -2.40. The molecule has 0 aliphatic carbocycles. The Morgan fingerprint density at radius 3 is 2.83 bits per heavy atom. The van der Waals surface area contributed by atoms with Gasteiger partial charge in [0.05, 0.1) is 18.3 Å². The Morgan fingerprint density at radius 1 is 1.09 bits per heavy atom. The maximum atomic E-state index is 13.5. The fraction of sp³-hybridized carbons (Fsp3) is 0.276. The molecule has 1 fully saturated rings. The molecule has 6 heteroatoms. The van der Waals surface area contributed by atoms with Crippen LogP contribution >= 0.6 is 0 Å². The number of anilines is 1. The largest absolute Gasteiger partial charge is 0.495 e. The van der Waals surface area contributed by atoms with Gasteiger partial charge in [0.25, 0.3) is 5.91 Å². The second kappa shape index (κ2) is 10.6. The number of carbonyl (C=O) groups is 1. The van der Waals surface area contributed by atoms with Crippen LogP contribution in [0.5, 0.6) is 5.75 Å². The summed E-state index contributed by atoms with van der Waals surface area (Å²) in [5, 5.41) is 4.61. The molecule has 6 nitrogen and oxygen atoms in total. The predicted molar refractivity (Wildman–Crippen MR) is 139 cm³/mol. The van der Waals surface area contributed by atoms with Crippen molar-refractivity contribution in [3.63, 3.8) is 0 Å². The Kier molecular flexibility index (Phi) is 6.89. The fourth-order valence-corrected chi connectivity index (χ4v) is 4.93. The fourth-order valence-electron chi connectivity index (χ4n) is 4.93. The van der Waals surface area contributed by atoms with Gasteiger partial charge in [0.15, 0.2) is 0 Å². The smallest absolute Gasteiger partial charge is 0.253 e. The van der Waals surface area contributed by atoms with Gasteiger partial charge in [0, 0.05) is 49.2 Å². The number of aromatic nitrogens is 2. The topological polar surface area (TPSA) is 67.3 Å². The van der Waals surface area contributed by atoms with Crippen molar-refractivity contribution in [1.29, 1.82) is 0 Å². The second-order valence-electron chi connectivity index (χ2n) is 9.07. The van der Waals surface area contributed by atoms with E-state index in [0.717, 1.165) is 54.9 Å². The van der Waals surface area contributed by atoms with Gasteiger partial charge in [-0.3, -0.25) is 14.8 Å². The number of nitrogens with one attached hydrogen (secondary N) is 1. The van der Waals surface area contributed by atoms with E-state index in [4.69, 9.17) is 4.74 Å². The van der Waals surface area contributed by atoms with Crippen molar-refractivity contribution in [3.8, 4) is 5.75 Å². The minimum Gasteiger partial charge on any atom is -0.495 e. The quantitative estimate of drug-likeness (QED) is 0.398. The average Bonchev–Trinajstić information content (AvgIpc) is 2.92. The summed E-state index contributed by atoms with van der Waals surface area (Å²) in [6.07, 6.45) is 8.48. The molecule has 0 radical (unpaired) electrons. The van der Waals surface area contributed by atoms with E-state index in [0.29, 0.717) is 18.0 Å². The third kappa shape index (κ3) is 5.27. The van der Waals surface area contributed by atoms with Gasteiger partial charge >= 0.3 is 0 Å². The predicted octanol–water partition coefficient (Wildman–Crippen LogP) is 5.35. The number of fused-ring (bicyclic) bond motifs is 1. The molecule has 3 heterocycles. The monoisotopic (exact) mass is 466 g/mol. The van der Waals surface area contributed by atoms with Crippen molar-refractivity contribution in [3.05, 3.63) is 95.9 Å². The number of piperidine rings is 1. The molecule has 178 valence electrons. The summed E-state index contributed by atoms with van der Waals surface area (Å²) in [7, 11) is 1.65. The van der Waals surface area contributed by atoms with Crippen LogP contribution in [-0.4, -0.2) is 41.0 Å². The van der Waals surface area contributed by atoms with E-state index in [1.165, 1.54) is 10.9 Å². The van der Waals surface area contributed by atoms with Gasteiger partial charge in [-0.2, -0.15) is 0 Å². The number of hydrogen-bond donors (Lipinski definition) is 1. The Bertz CT molecular complexity index is 1300. The number of hydrogen-bond acceptors (Lipinski definition) is 5. The van der Waals surface area contributed by atoms with E-state index in [1.54, 1.807) is 19.5 Å². The highest BCUT2D eigenvalue weighted by Crippen LogP contribution is 2.29. The van der Waals surface area contributed by atoms with Crippen LogP contribution < -0.4 is 10.1 Å². The van der Waals surface area contributed by atoms with Crippen LogP contribution in [-0.2, 0) is 13.0 Å². The van der Waals surface area contributed by atoms with Crippen LogP contribution in [0.25, 0.3) is 10.9 Å². The number of rotatable bonds is 7. The standard InChI is InChI=1S/C29H30N4O2/c1-35-28-10-9-24(18-27(28)32-19-21-11-14-30-15-12-21)29(34)33-16-4-5-22(20-33)17-23-6-2-8-26-25(23)7-3-13-31-26/h2-3,6-15,18,22,32H,4-5,16-17,19-20H2,1H3. The van der Waals surface area contributed by atoms with E-state index in [1.807, 2.05) is 47.5 Å². The zero-order valence-electron chi connectivity index (χ0n) is 20.0. The molecule has 1 saturated heterocycles. The highest BCUT2D eigenvalue weighted by molar-refractivity contribution is 5.95. The lowest BCUT2D eigenvalue weighted by atomic mass is 9.89. The molecule has 35 heavy (non-hydrogen) atoms. The minimum absolute atomic E-state index is 0.0731. The van der Waals surface area contributed by atoms with E-state index in [-0.39, 0.29) is 5.91 Å². The summed E-state index contributed by atoms with van der Waals surface area (Å²) < 4.78 is 5.53. The van der Waals surface area contributed by atoms with Gasteiger partial charge in [-0.15, -0.1) is 0 Å². The number of pyridine rings is 2. The van der Waals surface area contributed by atoms with Gasteiger partial charge in [-0.1, -0.05) is 18.2 Å². The first-order valence-corrected chi connectivity index (χ1v) is 12.1. The highest BCUT2D eigenvalue weighted by atomic mass is 16.5. The SMILES string of the molecule is COc1ccc(C(=O)N2CCCC(Cc3cccc4ncccc34)C2)cc1NCc1ccncc1. The molecule has 2 aromatic heterocycles. The van der Waals surface area contributed by atoms with Gasteiger partial charge in [-0.05, 0) is 78.8 Å². The number of benzene rings is 2. The van der Waals surface area contributed by atoms with Crippen molar-refractivity contribution in [1.82, 2.24) is 14.9 Å². The van der Waals surface area contributed by atoms with Crippen LogP contribution in [0, 0.1) is 5.92 Å². The molecule has 1 aliphatic heterocycles. The molecule has 0 bridgehead atoms. The van der Waals surface area contributed by atoms with Gasteiger partial charge in [-0.25, -0.2) is 0 Å². The van der Waals surface area contributed by atoms with Crippen molar-refractivity contribution < 1.29 is 9.53 Å². The van der Waals surface area contributed by atoms with Crippen LogP contribution in [0.15, 0.2) is 79.3 Å². The Balaban J connectivity index is 1.29. The Morgan fingerprint density at radius 2 is 1.97 bits per heavy atom. The lowest BCUT2D eigenvalue weighted by Gasteiger charge is -2.33. The Labute approximate surface area is 206 Å². The van der Waals surface area contributed by atoms with E-state index < -0.39 is 0 Å². The zero-order chi connectivity index (χ0) is 24.0. The minimum atomic E-state index is 0.0731. The van der Waals surface area contributed by atoms with Gasteiger partial charge < -0.3 is 15.0 Å². The molecule has 5 rings (SSSR count). The summed E-state index contributed by atoms with van der Waals surface area (Å²) in [6.45, 7) is 2.18. The molecule has 1 amide bonds. The van der Waals surface area contributed by atoms with Crippen molar-refractivity contribution in [2.45, 2.75) is 25.8 Å². The average molecular weight is 467 g/mol. The van der Waals surface area contributed by atoms with Crippen LogP contribution in [0.4, 0.5) is 5.69 Å². The summed E-state index contributed by atoms with van der Waals surface area (Å²) >= 11 is 0. The van der Waals surface area contributed by atoms with Gasteiger partial charge in [0.1, 0.15) is 5.75 Å². The molecule has 4 aromatic rings. The summed E-state index contributed by atoms with van der Waals surface area (Å²) in [4.78, 5) is 24.0. The van der Waals surface area contributed by atoms with Crippen molar-refractivity contribution in [2.75, 3.05) is 25.5 Å². The van der Waals surface area contributed by atoms with E-state index in [9.17, 15) is 4.79 Å². The van der Waals surface area contributed by atoms with Gasteiger partial charge in [0.2, 0.25) is 0 Å². The molecule has 1 N–H and O–H groups in total. The van der Waals surface area contributed by atoms with Crippen LogP contribution in [0.3, 0.4) is 0 Å². The number of ether oxygens (including phenoxy) is 1. The summed E-state index contributed by atoms with van der Waals surface area (Å²) in [5.41, 5.74) is 4.94. The van der Waals surface area contributed by atoms with E-state index >= 15 is 0 Å². The molecule has 1 unspecified atom stereocenters. The van der Waals surface area contributed by atoms with Crippen molar-refractivity contribution in [2.24, 2.45) is 5.92 Å². The van der Waals surface area contributed by atoms with Crippen LogP contribution in [0.1, 0.15) is 34.3 Å². The number of amides is 1. The maximum absolute atomic E-state index is 13.5. The normalized spacial score (nSPS) is 15.7. The molecule has 1 aliphatic rings. The van der Waals surface area contributed by atoms with E-state index in [2.05, 4.69) is 39.6 Å². The van der Waals surface area contributed by atoms with Crippen LogP contribution in [0.2, 0.25) is 0 Å².